The molecule has 1 aliphatic heterocycles. The Hall–Kier alpha value is -2.33. The molecule has 4 heteroatoms. The molecule has 0 saturated carbocycles. The molecule has 2 aromatic rings. The van der Waals surface area contributed by atoms with Crippen molar-refractivity contribution < 1.29 is 4.79 Å². The van der Waals surface area contributed by atoms with Gasteiger partial charge in [-0.1, -0.05) is 55.5 Å². The summed E-state index contributed by atoms with van der Waals surface area (Å²) in [5.74, 6) is 0.586. The van der Waals surface area contributed by atoms with Gasteiger partial charge in [0, 0.05) is 12.2 Å². The van der Waals surface area contributed by atoms with E-state index in [1.54, 1.807) is 0 Å². The molecule has 0 unspecified atom stereocenters. The molecule has 1 fully saturated rings. The Kier molecular flexibility index (Phi) is 7.28. The van der Waals surface area contributed by atoms with Gasteiger partial charge < -0.3 is 15.5 Å². The van der Waals surface area contributed by atoms with Crippen molar-refractivity contribution in [2.24, 2.45) is 5.92 Å². The molecule has 0 bridgehead atoms. The van der Waals surface area contributed by atoms with Crippen LogP contribution in [0.15, 0.2) is 54.6 Å². The summed E-state index contributed by atoms with van der Waals surface area (Å²) < 4.78 is 0. The van der Waals surface area contributed by atoms with Crippen LogP contribution in [0.5, 0.6) is 0 Å². The van der Waals surface area contributed by atoms with Crippen LogP contribution in [0.4, 0.5) is 10.5 Å². The molecule has 2 N–H and O–H groups in total. The van der Waals surface area contributed by atoms with Crippen LogP contribution in [0.1, 0.15) is 37.3 Å². The maximum absolute atomic E-state index is 12.4. The average Bonchev–Trinajstić information content (AvgIpc) is 2.70. The fraction of sp³-hybridized carbons (Fsp3) is 0.435. The zero-order valence-corrected chi connectivity index (χ0v) is 16.3. The number of anilines is 1. The van der Waals surface area contributed by atoms with Crippen molar-refractivity contribution in [3.05, 3.63) is 65.7 Å². The number of para-hydroxylation sites is 1. The Morgan fingerprint density at radius 3 is 2.48 bits per heavy atom. The zero-order chi connectivity index (χ0) is 18.9. The summed E-state index contributed by atoms with van der Waals surface area (Å²) in [6.07, 6.45) is 4.37. The van der Waals surface area contributed by atoms with Gasteiger partial charge >= 0.3 is 6.03 Å². The van der Waals surface area contributed by atoms with Gasteiger partial charge in [0.1, 0.15) is 0 Å². The summed E-state index contributed by atoms with van der Waals surface area (Å²) in [5, 5.41) is 6.11. The molecule has 2 amide bonds. The highest BCUT2D eigenvalue weighted by Gasteiger charge is 2.19. The monoisotopic (exact) mass is 365 g/mol. The Balaban J connectivity index is 1.48. The number of nitrogens with zero attached hydrogens (tertiary/aromatic N) is 1. The van der Waals surface area contributed by atoms with Gasteiger partial charge in [-0.3, -0.25) is 0 Å². The third kappa shape index (κ3) is 6.10. The number of urea groups is 1. The lowest BCUT2D eigenvalue weighted by Crippen LogP contribution is -2.40. The van der Waals surface area contributed by atoms with E-state index in [9.17, 15) is 4.79 Å². The molecule has 0 atom stereocenters. The van der Waals surface area contributed by atoms with Crippen molar-refractivity contribution in [3.8, 4) is 0 Å². The number of rotatable bonds is 7. The summed E-state index contributed by atoms with van der Waals surface area (Å²) in [4.78, 5) is 14.9. The summed E-state index contributed by atoms with van der Waals surface area (Å²) in [7, 11) is 0. The molecule has 0 aliphatic carbocycles. The van der Waals surface area contributed by atoms with Gasteiger partial charge in [0.2, 0.25) is 0 Å². The Labute approximate surface area is 163 Å². The van der Waals surface area contributed by atoms with E-state index in [4.69, 9.17) is 0 Å². The highest BCUT2D eigenvalue weighted by Crippen LogP contribution is 2.20. The van der Waals surface area contributed by atoms with E-state index >= 15 is 0 Å². The summed E-state index contributed by atoms with van der Waals surface area (Å²) in [5.41, 5.74) is 3.26. The van der Waals surface area contributed by atoms with E-state index in [0.717, 1.165) is 37.3 Å². The number of carbonyl (C=O) groups excluding carboxylic acids is 1. The minimum atomic E-state index is -0.105. The van der Waals surface area contributed by atoms with Crippen molar-refractivity contribution >= 4 is 11.7 Å². The van der Waals surface area contributed by atoms with Gasteiger partial charge in [0.15, 0.2) is 0 Å². The fourth-order valence-corrected chi connectivity index (χ4v) is 3.75. The topological polar surface area (TPSA) is 44.4 Å². The molecule has 144 valence electrons. The van der Waals surface area contributed by atoms with Crippen LogP contribution in [0.25, 0.3) is 0 Å². The number of nitrogens with one attached hydrogen (secondary N) is 2. The van der Waals surface area contributed by atoms with Gasteiger partial charge in [-0.05, 0) is 68.4 Å². The maximum atomic E-state index is 12.4. The van der Waals surface area contributed by atoms with Crippen LogP contribution in [-0.2, 0) is 6.42 Å². The summed E-state index contributed by atoms with van der Waals surface area (Å²) in [6, 6.07) is 18.3. The van der Waals surface area contributed by atoms with Crippen molar-refractivity contribution in [3.63, 3.8) is 0 Å². The number of carbonyl (C=O) groups is 1. The quantitative estimate of drug-likeness (QED) is 0.758. The maximum Gasteiger partial charge on any atom is 0.319 e. The van der Waals surface area contributed by atoms with Crippen LogP contribution in [0, 0.1) is 5.92 Å². The predicted molar refractivity (Wildman–Crippen MR) is 112 cm³/mol. The molecular formula is C23H31N3O. The Morgan fingerprint density at radius 2 is 1.74 bits per heavy atom. The van der Waals surface area contributed by atoms with Crippen LogP contribution < -0.4 is 10.6 Å². The third-order valence-electron chi connectivity index (χ3n) is 5.30. The standard InChI is InChI=1S/C23H31N3O/c1-2-14-26-15-12-20(13-16-26)18-24-23(27)25-22-11-7-6-10-21(22)17-19-8-4-3-5-9-19/h3-11,20H,2,12-18H2,1H3,(H2,24,25,27). The molecule has 0 spiro atoms. The summed E-state index contributed by atoms with van der Waals surface area (Å²) in [6.45, 7) is 6.49. The molecule has 27 heavy (non-hydrogen) atoms. The van der Waals surface area contributed by atoms with E-state index in [2.05, 4.69) is 40.7 Å². The highest BCUT2D eigenvalue weighted by atomic mass is 16.2. The first-order valence-corrected chi connectivity index (χ1v) is 10.1. The molecule has 1 aliphatic rings. The molecule has 0 aromatic heterocycles. The van der Waals surface area contributed by atoms with E-state index in [1.165, 1.54) is 31.4 Å². The van der Waals surface area contributed by atoms with E-state index in [1.807, 2.05) is 36.4 Å². The number of piperidine rings is 1. The zero-order valence-electron chi connectivity index (χ0n) is 16.3. The van der Waals surface area contributed by atoms with Crippen molar-refractivity contribution in [2.45, 2.75) is 32.6 Å². The van der Waals surface area contributed by atoms with Crippen molar-refractivity contribution in [1.82, 2.24) is 10.2 Å². The first-order chi connectivity index (χ1) is 13.2. The molecule has 1 saturated heterocycles. The second kappa shape index (κ2) is 10.1. The minimum absolute atomic E-state index is 0.105. The van der Waals surface area contributed by atoms with Crippen LogP contribution >= 0.6 is 0 Å². The van der Waals surface area contributed by atoms with E-state index < -0.39 is 0 Å². The largest absolute Gasteiger partial charge is 0.338 e. The fourth-order valence-electron chi connectivity index (χ4n) is 3.75. The van der Waals surface area contributed by atoms with E-state index in [0.29, 0.717) is 5.92 Å². The lowest BCUT2D eigenvalue weighted by atomic mass is 9.97. The number of hydrogen-bond acceptors (Lipinski definition) is 2. The molecule has 1 heterocycles. The Morgan fingerprint density at radius 1 is 1.04 bits per heavy atom. The average molecular weight is 366 g/mol. The molecule has 0 radical (unpaired) electrons. The predicted octanol–water partition coefficient (Wildman–Crippen LogP) is 4.52. The first-order valence-electron chi connectivity index (χ1n) is 10.1. The number of likely N-dealkylation sites (tertiary alicyclic amines) is 1. The number of hydrogen-bond donors (Lipinski definition) is 2. The first kappa shape index (κ1) is 19.4. The van der Waals surface area contributed by atoms with E-state index in [-0.39, 0.29) is 6.03 Å². The lowest BCUT2D eigenvalue weighted by Gasteiger charge is -2.31. The second-order valence-electron chi connectivity index (χ2n) is 7.44. The van der Waals surface area contributed by atoms with Crippen LogP contribution in [0.2, 0.25) is 0 Å². The van der Waals surface area contributed by atoms with Gasteiger partial charge in [-0.25, -0.2) is 4.79 Å². The minimum Gasteiger partial charge on any atom is -0.338 e. The molecule has 3 rings (SSSR count). The smallest absolute Gasteiger partial charge is 0.319 e. The van der Waals surface area contributed by atoms with Gasteiger partial charge in [-0.2, -0.15) is 0 Å². The van der Waals surface area contributed by atoms with Gasteiger partial charge in [-0.15, -0.1) is 0 Å². The molecular weight excluding hydrogens is 334 g/mol. The normalized spacial score (nSPS) is 15.4. The molecule has 2 aromatic carbocycles. The van der Waals surface area contributed by atoms with Crippen molar-refractivity contribution in [1.29, 1.82) is 0 Å². The number of benzene rings is 2. The summed E-state index contributed by atoms with van der Waals surface area (Å²) >= 11 is 0. The highest BCUT2D eigenvalue weighted by molar-refractivity contribution is 5.90. The SMILES string of the molecule is CCCN1CCC(CNC(=O)Nc2ccccc2Cc2ccccc2)CC1. The Bertz CT molecular complexity index is 709. The van der Waals surface area contributed by atoms with Crippen LogP contribution in [-0.4, -0.2) is 37.1 Å². The van der Waals surface area contributed by atoms with Gasteiger partial charge in [0.05, 0.1) is 0 Å². The van der Waals surface area contributed by atoms with Crippen LogP contribution in [0.3, 0.4) is 0 Å². The molecule has 4 nitrogen and oxygen atoms in total. The van der Waals surface area contributed by atoms with Crippen molar-refractivity contribution in [2.75, 3.05) is 31.5 Å². The second-order valence-corrected chi connectivity index (χ2v) is 7.44. The van der Waals surface area contributed by atoms with Gasteiger partial charge in [0.25, 0.3) is 0 Å². The third-order valence-corrected chi connectivity index (χ3v) is 5.30. The number of amides is 2. The lowest BCUT2D eigenvalue weighted by molar-refractivity contribution is 0.182.